The zero-order chi connectivity index (χ0) is 13.2. The Hall–Kier alpha value is -0.810. The van der Waals surface area contributed by atoms with E-state index in [2.05, 4.69) is 21.2 Å². The molecular weight excluding hydrogens is 308 g/mol. The monoisotopic (exact) mass is 326 g/mol. The number of halogens is 1. The Morgan fingerprint density at radius 2 is 2.05 bits per heavy atom. The molecule has 0 bridgehead atoms. The molecule has 19 heavy (non-hydrogen) atoms. The first-order valence-corrected chi connectivity index (χ1v) is 7.78. The van der Waals surface area contributed by atoms with Gasteiger partial charge in [-0.05, 0) is 53.7 Å². The van der Waals surface area contributed by atoms with Crippen molar-refractivity contribution in [2.24, 2.45) is 5.92 Å². The maximum Gasteiger partial charge on any atom is 0.225 e. The SMILES string of the molecule is O=C(C1CC1)N1CCC(NCc2ccc(Br)o2)CC1. The molecule has 1 aromatic heterocycles. The average molecular weight is 327 g/mol. The van der Waals surface area contributed by atoms with Crippen LogP contribution in [0.15, 0.2) is 21.2 Å². The molecule has 104 valence electrons. The number of hydrogen-bond donors (Lipinski definition) is 1. The molecule has 0 spiro atoms. The van der Waals surface area contributed by atoms with E-state index in [0.29, 0.717) is 17.9 Å². The molecule has 0 aromatic carbocycles. The minimum Gasteiger partial charge on any atom is -0.453 e. The van der Waals surface area contributed by atoms with Crippen LogP contribution in [0.25, 0.3) is 0 Å². The third-order valence-corrected chi connectivity index (χ3v) is 4.35. The zero-order valence-electron chi connectivity index (χ0n) is 10.9. The largest absolute Gasteiger partial charge is 0.453 e. The summed E-state index contributed by atoms with van der Waals surface area (Å²) in [7, 11) is 0. The van der Waals surface area contributed by atoms with Crippen LogP contribution in [0.1, 0.15) is 31.4 Å². The molecule has 2 heterocycles. The highest BCUT2D eigenvalue weighted by Gasteiger charge is 2.34. The van der Waals surface area contributed by atoms with Crippen LogP contribution in [0.5, 0.6) is 0 Å². The van der Waals surface area contributed by atoms with Crippen LogP contribution >= 0.6 is 15.9 Å². The fourth-order valence-corrected chi connectivity index (χ4v) is 2.92. The van der Waals surface area contributed by atoms with Crippen molar-refractivity contribution in [2.45, 2.75) is 38.3 Å². The molecule has 2 fully saturated rings. The van der Waals surface area contributed by atoms with Gasteiger partial charge in [0.25, 0.3) is 0 Å². The van der Waals surface area contributed by atoms with E-state index in [4.69, 9.17) is 4.42 Å². The van der Waals surface area contributed by atoms with E-state index in [-0.39, 0.29) is 0 Å². The molecule has 0 atom stereocenters. The van der Waals surface area contributed by atoms with Crippen LogP contribution in [0.2, 0.25) is 0 Å². The first kappa shape index (κ1) is 13.2. The Morgan fingerprint density at radius 3 is 2.63 bits per heavy atom. The zero-order valence-corrected chi connectivity index (χ0v) is 12.5. The van der Waals surface area contributed by atoms with E-state index in [9.17, 15) is 4.79 Å². The van der Waals surface area contributed by atoms with Gasteiger partial charge in [0.15, 0.2) is 4.67 Å². The molecule has 1 amide bonds. The number of nitrogens with zero attached hydrogens (tertiary/aromatic N) is 1. The fraction of sp³-hybridized carbons (Fsp3) is 0.643. The Labute approximate surface area is 121 Å². The number of amides is 1. The highest BCUT2D eigenvalue weighted by Crippen LogP contribution is 2.31. The molecule has 1 saturated carbocycles. The van der Waals surface area contributed by atoms with Gasteiger partial charge in [-0.2, -0.15) is 0 Å². The Kier molecular flexibility index (Phi) is 3.93. The number of rotatable bonds is 4. The summed E-state index contributed by atoms with van der Waals surface area (Å²) in [5.41, 5.74) is 0. The summed E-state index contributed by atoms with van der Waals surface area (Å²) in [5.74, 6) is 1.68. The van der Waals surface area contributed by atoms with Crippen LogP contribution < -0.4 is 5.32 Å². The second kappa shape index (κ2) is 5.67. The quantitative estimate of drug-likeness (QED) is 0.924. The summed E-state index contributed by atoms with van der Waals surface area (Å²) in [6, 6.07) is 4.38. The smallest absolute Gasteiger partial charge is 0.225 e. The van der Waals surface area contributed by atoms with Gasteiger partial charge in [-0.1, -0.05) is 0 Å². The van der Waals surface area contributed by atoms with E-state index in [0.717, 1.165) is 55.7 Å². The van der Waals surface area contributed by atoms with E-state index >= 15 is 0 Å². The minimum atomic E-state index is 0.352. The second-order valence-electron chi connectivity index (χ2n) is 5.46. The lowest BCUT2D eigenvalue weighted by Gasteiger charge is -2.32. The number of nitrogens with one attached hydrogen (secondary N) is 1. The van der Waals surface area contributed by atoms with Crippen LogP contribution in [0, 0.1) is 5.92 Å². The number of carbonyl (C=O) groups excluding carboxylic acids is 1. The molecule has 1 N–H and O–H groups in total. The standard InChI is InChI=1S/C14H19BrN2O2/c15-13-4-3-12(19-13)9-16-11-5-7-17(8-6-11)14(18)10-1-2-10/h3-4,10-11,16H,1-2,5-9H2. The topological polar surface area (TPSA) is 45.5 Å². The lowest BCUT2D eigenvalue weighted by Crippen LogP contribution is -2.45. The maximum atomic E-state index is 11.9. The van der Waals surface area contributed by atoms with Gasteiger partial charge in [0, 0.05) is 25.0 Å². The number of likely N-dealkylation sites (tertiary alicyclic amines) is 1. The van der Waals surface area contributed by atoms with Crippen molar-refractivity contribution in [2.75, 3.05) is 13.1 Å². The molecular formula is C14H19BrN2O2. The highest BCUT2D eigenvalue weighted by molar-refractivity contribution is 9.10. The van der Waals surface area contributed by atoms with Gasteiger partial charge in [0.1, 0.15) is 5.76 Å². The first-order chi connectivity index (χ1) is 9.22. The van der Waals surface area contributed by atoms with E-state index in [1.165, 1.54) is 0 Å². The second-order valence-corrected chi connectivity index (χ2v) is 6.24. The van der Waals surface area contributed by atoms with Gasteiger partial charge in [-0.25, -0.2) is 0 Å². The minimum absolute atomic E-state index is 0.352. The third kappa shape index (κ3) is 3.39. The Morgan fingerprint density at radius 1 is 1.32 bits per heavy atom. The van der Waals surface area contributed by atoms with Crippen molar-refractivity contribution in [3.8, 4) is 0 Å². The van der Waals surface area contributed by atoms with Gasteiger partial charge in [0.2, 0.25) is 5.91 Å². The van der Waals surface area contributed by atoms with Crippen molar-refractivity contribution >= 4 is 21.8 Å². The highest BCUT2D eigenvalue weighted by atomic mass is 79.9. The molecule has 1 aromatic rings. The van der Waals surface area contributed by atoms with Crippen LogP contribution in [0.3, 0.4) is 0 Å². The third-order valence-electron chi connectivity index (χ3n) is 3.93. The van der Waals surface area contributed by atoms with Crippen LogP contribution in [-0.2, 0) is 11.3 Å². The van der Waals surface area contributed by atoms with Gasteiger partial charge in [-0.15, -0.1) is 0 Å². The predicted octanol–water partition coefficient (Wildman–Crippen LogP) is 2.53. The molecule has 4 nitrogen and oxygen atoms in total. The molecule has 3 rings (SSSR count). The van der Waals surface area contributed by atoms with Crippen molar-refractivity contribution in [1.82, 2.24) is 10.2 Å². The summed E-state index contributed by atoms with van der Waals surface area (Å²) in [5, 5.41) is 3.50. The van der Waals surface area contributed by atoms with Crippen molar-refractivity contribution in [1.29, 1.82) is 0 Å². The summed E-state index contributed by atoms with van der Waals surface area (Å²) < 4.78 is 6.24. The number of furan rings is 1. The summed E-state index contributed by atoms with van der Waals surface area (Å²) >= 11 is 3.30. The lowest BCUT2D eigenvalue weighted by atomic mass is 10.0. The molecule has 0 unspecified atom stereocenters. The fourth-order valence-electron chi connectivity index (χ4n) is 2.58. The first-order valence-electron chi connectivity index (χ1n) is 6.99. The van der Waals surface area contributed by atoms with Gasteiger partial charge < -0.3 is 14.6 Å². The summed E-state index contributed by atoms with van der Waals surface area (Å²) in [6.45, 7) is 2.55. The van der Waals surface area contributed by atoms with E-state index in [1.807, 2.05) is 17.0 Å². The summed E-state index contributed by atoms with van der Waals surface area (Å²) in [4.78, 5) is 14.0. The average Bonchev–Trinajstić information content (AvgIpc) is 3.19. The van der Waals surface area contributed by atoms with E-state index in [1.54, 1.807) is 0 Å². The van der Waals surface area contributed by atoms with E-state index < -0.39 is 0 Å². The van der Waals surface area contributed by atoms with Crippen LogP contribution in [0.4, 0.5) is 0 Å². The van der Waals surface area contributed by atoms with Crippen molar-refractivity contribution in [3.05, 3.63) is 22.6 Å². The maximum absolute atomic E-state index is 11.9. The molecule has 1 saturated heterocycles. The molecule has 1 aliphatic carbocycles. The lowest BCUT2D eigenvalue weighted by molar-refractivity contribution is -0.133. The molecule has 0 radical (unpaired) electrons. The normalized spacial score (nSPS) is 20.8. The predicted molar refractivity (Wildman–Crippen MR) is 75.6 cm³/mol. The Balaban J connectivity index is 1.41. The van der Waals surface area contributed by atoms with Crippen molar-refractivity contribution < 1.29 is 9.21 Å². The van der Waals surface area contributed by atoms with Crippen LogP contribution in [-0.4, -0.2) is 29.9 Å². The number of hydrogen-bond acceptors (Lipinski definition) is 3. The molecule has 2 aliphatic rings. The van der Waals surface area contributed by atoms with Gasteiger partial charge in [0.05, 0.1) is 6.54 Å². The summed E-state index contributed by atoms with van der Waals surface area (Å²) in [6.07, 6.45) is 4.29. The van der Waals surface area contributed by atoms with Gasteiger partial charge in [-0.3, -0.25) is 4.79 Å². The number of carbonyl (C=O) groups is 1. The Bertz CT molecular complexity index is 448. The molecule has 5 heteroatoms. The van der Waals surface area contributed by atoms with Gasteiger partial charge >= 0.3 is 0 Å². The number of piperidine rings is 1. The molecule has 1 aliphatic heterocycles. The van der Waals surface area contributed by atoms with Crippen molar-refractivity contribution in [3.63, 3.8) is 0 Å².